The lowest BCUT2D eigenvalue weighted by atomic mass is 10.1. The molecular formula is C16H29NO. The minimum atomic E-state index is 0.887. The highest BCUT2D eigenvalue weighted by Crippen LogP contribution is 2.10. The van der Waals surface area contributed by atoms with Gasteiger partial charge in [-0.25, -0.2) is 0 Å². The Kier molecular flexibility index (Phi) is 9.59. The molecule has 0 fully saturated rings. The van der Waals surface area contributed by atoms with Crippen LogP contribution in [-0.2, 0) is 4.74 Å². The van der Waals surface area contributed by atoms with Crippen LogP contribution in [0, 0.1) is 0 Å². The Labute approximate surface area is 113 Å². The van der Waals surface area contributed by atoms with Gasteiger partial charge in [-0.3, -0.25) is 4.99 Å². The van der Waals surface area contributed by atoms with Gasteiger partial charge in [-0.1, -0.05) is 64.7 Å². The predicted octanol–water partition coefficient (Wildman–Crippen LogP) is 5.24. The van der Waals surface area contributed by atoms with Gasteiger partial charge in [-0.05, 0) is 12.5 Å². The summed E-state index contributed by atoms with van der Waals surface area (Å²) in [5, 5.41) is 0. The third-order valence-corrected chi connectivity index (χ3v) is 3.39. The minimum absolute atomic E-state index is 0.887. The van der Waals surface area contributed by atoms with Gasteiger partial charge in [0, 0.05) is 13.0 Å². The Hall–Kier alpha value is -0.790. The Bertz CT molecular complexity index is 235. The summed E-state index contributed by atoms with van der Waals surface area (Å²) in [4.78, 5) is 4.42. The fourth-order valence-corrected chi connectivity index (χ4v) is 2.23. The van der Waals surface area contributed by atoms with Gasteiger partial charge in [0.15, 0.2) is 5.90 Å². The highest BCUT2D eigenvalue weighted by Gasteiger charge is 2.01. The van der Waals surface area contributed by atoms with E-state index in [1.165, 1.54) is 64.2 Å². The predicted molar refractivity (Wildman–Crippen MR) is 79.0 cm³/mol. The maximum absolute atomic E-state index is 5.21. The van der Waals surface area contributed by atoms with E-state index in [0.717, 1.165) is 18.9 Å². The van der Waals surface area contributed by atoms with E-state index in [1.54, 1.807) is 6.26 Å². The number of rotatable bonds is 11. The Morgan fingerprint density at radius 3 is 2.11 bits per heavy atom. The second kappa shape index (κ2) is 11.3. The monoisotopic (exact) mass is 251 g/mol. The first kappa shape index (κ1) is 15.3. The summed E-state index contributed by atoms with van der Waals surface area (Å²) in [6, 6.07) is 0. The third kappa shape index (κ3) is 8.32. The maximum atomic E-state index is 5.21. The molecule has 1 aliphatic rings. The first-order valence-corrected chi connectivity index (χ1v) is 7.78. The van der Waals surface area contributed by atoms with Crippen LogP contribution in [0.5, 0.6) is 0 Å². The van der Waals surface area contributed by atoms with E-state index >= 15 is 0 Å². The number of aliphatic imine (C=N–C) groups is 1. The van der Waals surface area contributed by atoms with Gasteiger partial charge >= 0.3 is 0 Å². The first-order valence-electron chi connectivity index (χ1n) is 7.78. The summed E-state index contributed by atoms with van der Waals surface area (Å²) in [6.45, 7) is 3.21. The average Bonchev–Trinajstić information content (AvgIpc) is 2.89. The van der Waals surface area contributed by atoms with Crippen molar-refractivity contribution in [2.45, 2.75) is 77.6 Å². The lowest BCUT2D eigenvalue weighted by Gasteiger charge is -2.01. The normalized spacial score (nSPS) is 16.4. The van der Waals surface area contributed by atoms with Crippen molar-refractivity contribution in [3.05, 3.63) is 12.3 Å². The summed E-state index contributed by atoms with van der Waals surface area (Å²) in [5.41, 5.74) is 0. The van der Waals surface area contributed by atoms with E-state index in [-0.39, 0.29) is 0 Å². The van der Waals surface area contributed by atoms with E-state index in [4.69, 9.17) is 4.74 Å². The molecule has 0 aromatic heterocycles. The quantitative estimate of drug-likeness (QED) is 0.460. The van der Waals surface area contributed by atoms with Gasteiger partial charge in [0.2, 0.25) is 0 Å². The fraction of sp³-hybridized carbons (Fsp3) is 0.812. The highest BCUT2D eigenvalue weighted by molar-refractivity contribution is 5.80. The van der Waals surface area contributed by atoms with Crippen molar-refractivity contribution in [3.8, 4) is 0 Å². The van der Waals surface area contributed by atoms with Gasteiger partial charge in [0.25, 0.3) is 0 Å². The molecule has 0 aromatic rings. The standard InChI is InChI=1S/C16H29NO/c1-2-3-4-5-6-7-8-9-10-11-14-17-16-13-12-15-18-16/h12,15H,2-11,13-14H2,1H3. The average molecular weight is 251 g/mol. The van der Waals surface area contributed by atoms with Crippen LogP contribution in [0.1, 0.15) is 77.6 Å². The lowest BCUT2D eigenvalue weighted by Crippen LogP contribution is -1.95. The number of hydrogen-bond acceptors (Lipinski definition) is 2. The summed E-state index contributed by atoms with van der Waals surface area (Å²) in [7, 11) is 0. The molecule has 0 N–H and O–H groups in total. The number of nitrogens with zero attached hydrogens (tertiary/aromatic N) is 1. The summed E-state index contributed by atoms with van der Waals surface area (Å²) in [6.07, 6.45) is 18.4. The first-order chi connectivity index (χ1) is 8.93. The molecule has 0 bridgehead atoms. The fourth-order valence-electron chi connectivity index (χ4n) is 2.23. The molecule has 1 aliphatic heterocycles. The van der Waals surface area contributed by atoms with Crippen LogP contribution in [-0.4, -0.2) is 12.4 Å². The van der Waals surface area contributed by atoms with Crippen molar-refractivity contribution in [2.75, 3.05) is 6.54 Å². The molecule has 0 saturated heterocycles. The van der Waals surface area contributed by atoms with Crippen molar-refractivity contribution in [2.24, 2.45) is 4.99 Å². The largest absolute Gasteiger partial charge is 0.451 e. The third-order valence-electron chi connectivity index (χ3n) is 3.39. The molecule has 0 amide bonds. The topological polar surface area (TPSA) is 21.6 Å². The molecular weight excluding hydrogens is 222 g/mol. The van der Waals surface area contributed by atoms with Crippen LogP contribution in [0.3, 0.4) is 0 Å². The van der Waals surface area contributed by atoms with E-state index < -0.39 is 0 Å². The minimum Gasteiger partial charge on any atom is -0.451 e. The second-order valence-corrected chi connectivity index (χ2v) is 5.15. The van der Waals surface area contributed by atoms with Gasteiger partial charge in [0.1, 0.15) is 0 Å². The Balaban J connectivity index is 1.75. The van der Waals surface area contributed by atoms with E-state index in [9.17, 15) is 0 Å². The van der Waals surface area contributed by atoms with E-state index in [0.29, 0.717) is 0 Å². The van der Waals surface area contributed by atoms with Crippen LogP contribution in [0.2, 0.25) is 0 Å². The van der Waals surface area contributed by atoms with Crippen molar-refractivity contribution in [3.63, 3.8) is 0 Å². The Morgan fingerprint density at radius 1 is 0.944 bits per heavy atom. The zero-order chi connectivity index (χ0) is 12.9. The molecule has 0 unspecified atom stereocenters. The van der Waals surface area contributed by atoms with E-state index in [2.05, 4.69) is 11.9 Å². The van der Waals surface area contributed by atoms with Crippen LogP contribution in [0.15, 0.2) is 17.3 Å². The molecule has 2 heteroatoms. The number of unbranched alkanes of at least 4 members (excludes halogenated alkanes) is 9. The molecule has 104 valence electrons. The van der Waals surface area contributed by atoms with Crippen molar-refractivity contribution in [1.82, 2.24) is 0 Å². The van der Waals surface area contributed by atoms with Crippen molar-refractivity contribution < 1.29 is 4.74 Å². The molecule has 18 heavy (non-hydrogen) atoms. The van der Waals surface area contributed by atoms with Gasteiger partial charge in [-0.15, -0.1) is 0 Å². The van der Waals surface area contributed by atoms with Gasteiger partial charge in [-0.2, -0.15) is 0 Å². The summed E-state index contributed by atoms with van der Waals surface area (Å²) >= 11 is 0. The van der Waals surface area contributed by atoms with Crippen LogP contribution < -0.4 is 0 Å². The Morgan fingerprint density at radius 2 is 1.56 bits per heavy atom. The molecule has 1 rings (SSSR count). The SMILES string of the molecule is CCCCCCCCCCCCN=C1CC=CO1. The lowest BCUT2D eigenvalue weighted by molar-refractivity contribution is 0.477. The van der Waals surface area contributed by atoms with Crippen LogP contribution >= 0.6 is 0 Å². The zero-order valence-corrected chi connectivity index (χ0v) is 12.0. The molecule has 0 atom stereocenters. The zero-order valence-electron chi connectivity index (χ0n) is 12.0. The van der Waals surface area contributed by atoms with Gasteiger partial charge in [0.05, 0.1) is 6.26 Å². The molecule has 1 heterocycles. The number of hydrogen-bond donors (Lipinski definition) is 0. The van der Waals surface area contributed by atoms with Crippen molar-refractivity contribution >= 4 is 5.90 Å². The molecule has 2 nitrogen and oxygen atoms in total. The molecule has 0 saturated carbocycles. The molecule has 0 spiro atoms. The number of ether oxygens (including phenoxy) is 1. The smallest absolute Gasteiger partial charge is 0.193 e. The van der Waals surface area contributed by atoms with Crippen LogP contribution in [0.25, 0.3) is 0 Å². The second-order valence-electron chi connectivity index (χ2n) is 5.15. The molecule has 0 radical (unpaired) electrons. The maximum Gasteiger partial charge on any atom is 0.193 e. The van der Waals surface area contributed by atoms with Gasteiger partial charge < -0.3 is 4.74 Å². The molecule has 0 aromatic carbocycles. The van der Waals surface area contributed by atoms with Crippen molar-refractivity contribution in [1.29, 1.82) is 0 Å². The van der Waals surface area contributed by atoms with Crippen LogP contribution in [0.4, 0.5) is 0 Å². The highest BCUT2D eigenvalue weighted by atomic mass is 16.5. The van der Waals surface area contributed by atoms with E-state index in [1.807, 2.05) is 6.08 Å². The summed E-state index contributed by atoms with van der Waals surface area (Å²) < 4.78 is 5.21. The molecule has 0 aliphatic carbocycles. The summed E-state index contributed by atoms with van der Waals surface area (Å²) in [5.74, 6) is 0.894.